The third-order valence-corrected chi connectivity index (χ3v) is 2.69. The second kappa shape index (κ2) is 2.81. The van der Waals surface area contributed by atoms with E-state index in [0.29, 0.717) is 0 Å². The molecule has 1 aliphatic rings. The van der Waals surface area contributed by atoms with Crippen LogP contribution in [0.1, 0.15) is 19.8 Å². The maximum Gasteiger partial charge on any atom is 0.223 e. The molecule has 0 bridgehead atoms. The number of primary amides is 1. The van der Waals surface area contributed by atoms with Gasteiger partial charge in [0.2, 0.25) is 5.91 Å². The molecule has 0 unspecified atom stereocenters. The van der Waals surface area contributed by atoms with Crippen LogP contribution in [0.3, 0.4) is 0 Å². The van der Waals surface area contributed by atoms with Gasteiger partial charge < -0.3 is 10.6 Å². The first-order valence-electron chi connectivity index (χ1n) is 4.03. The molecule has 1 aliphatic heterocycles. The van der Waals surface area contributed by atoms with Crippen LogP contribution in [0.5, 0.6) is 0 Å². The fourth-order valence-electron chi connectivity index (χ4n) is 1.36. The Bertz CT molecular complexity index is 159. The molecule has 1 heterocycles. The highest BCUT2D eigenvalue weighted by Gasteiger charge is 2.33. The average Bonchev–Trinajstić information content (AvgIpc) is 1.95. The van der Waals surface area contributed by atoms with E-state index < -0.39 is 0 Å². The van der Waals surface area contributed by atoms with Crippen molar-refractivity contribution in [2.75, 3.05) is 20.1 Å². The molecule has 1 fully saturated rings. The maximum absolute atomic E-state index is 11.0. The Kier molecular flexibility index (Phi) is 2.18. The van der Waals surface area contributed by atoms with Gasteiger partial charge in [0.25, 0.3) is 0 Å². The Labute approximate surface area is 67.5 Å². The molecule has 0 aromatic heterocycles. The lowest BCUT2D eigenvalue weighted by molar-refractivity contribution is -0.129. The molecule has 11 heavy (non-hydrogen) atoms. The normalized spacial score (nSPS) is 24.9. The van der Waals surface area contributed by atoms with Gasteiger partial charge in [-0.3, -0.25) is 4.79 Å². The van der Waals surface area contributed by atoms with E-state index in [1.54, 1.807) is 0 Å². The van der Waals surface area contributed by atoms with Crippen molar-refractivity contribution in [3.05, 3.63) is 0 Å². The summed E-state index contributed by atoms with van der Waals surface area (Å²) in [5.41, 5.74) is 5.05. The Morgan fingerprint density at radius 3 is 2.27 bits per heavy atom. The van der Waals surface area contributed by atoms with E-state index in [2.05, 4.69) is 11.9 Å². The predicted octanol–water partition coefficient (Wildman–Crippen LogP) is 0.204. The van der Waals surface area contributed by atoms with E-state index >= 15 is 0 Å². The van der Waals surface area contributed by atoms with Gasteiger partial charge in [-0.1, -0.05) is 6.92 Å². The van der Waals surface area contributed by atoms with Crippen molar-refractivity contribution in [3.63, 3.8) is 0 Å². The SMILES string of the molecule is CN1CCC(C)(C(N)=O)CC1. The number of hydrogen-bond donors (Lipinski definition) is 1. The monoisotopic (exact) mass is 156 g/mol. The van der Waals surface area contributed by atoms with Gasteiger partial charge in [0.15, 0.2) is 0 Å². The van der Waals surface area contributed by atoms with Gasteiger partial charge >= 0.3 is 0 Å². The maximum atomic E-state index is 11.0. The predicted molar refractivity (Wildman–Crippen MR) is 44.0 cm³/mol. The zero-order valence-electron chi connectivity index (χ0n) is 7.26. The van der Waals surface area contributed by atoms with Crippen LogP contribution in [0.2, 0.25) is 0 Å². The zero-order valence-corrected chi connectivity index (χ0v) is 7.26. The fourth-order valence-corrected chi connectivity index (χ4v) is 1.36. The minimum absolute atomic E-state index is 0.148. The van der Waals surface area contributed by atoms with Crippen LogP contribution >= 0.6 is 0 Å². The largest absolute Gasteiger partial charge is 0.369 e. The molecule has 0 radical (unpaired) electrons. The van der Waals surface area contributed by atoms with Crippen LogP contribution < -0.4 is 5.73 Å². The van der Waals surface area contributed by atoms with Crippen LogP contribution in [0, 0.1) is 5.41 Å². The standard InChI is InChI=1S/C8H16N2O/c1-8(7(9)11)3-5-10(2)6-4-8/h3-6H2,1-2H3,(H2,9,11). The lowest BCUT2D eigenvalue weighted by atomic mass is 9.80. The quantitative estimate of drug-likeness (QED) is 0.589. The molecule has 3 heteroatoms. The van der Waals surface area contributed by atoms with E-state index in [0.717, 1.165) is 25.9 Å². The van der Waals surface area contributed by atoms with Crippen LogP contribution in [-0.4, -0.2) is 30.9 Å². The lowest BCUT2D eigenvalue weighted by Gasteiger charge is -2.35. The molecule has 1 rings (SSSR count). The number of nitrogens with two attached hydrogens (primary N) is 1. The Hall–Kier alpha value is -0.570. The molecular formula is C8H16N2O. The molecule has 0 atom stereocenters. The summed E-state index contributed by atoms with van der Waals surface area (Å²) in [7, 11) is 2.07. The van der Waals surface area contributed by atoms with E-state index in [1.165, 1.54) is 0 Å². The first-order chi connectivity index (χ1) is 5.04. The van der Waals surface area contributed by atoms with Crippen molar-refractivity contribution in [2.45, 2.75) is 19.8 Å². The van der Waals surface area contributed by atoms with Crippen LogP contribution in [0.15, 0.2) is 0 Å². The van der Waals surface area contributed by atoms with Crippen LogP contribution in [-0.2, 0) is 4.79 Å². The minimum Gasteiger partial charge on any atom is -0.369 e. The Morgan fingerprint density at radius 1 is 1.45 bits per heavy atom. The van der Waals surface area contributed by atoms with Gasteiger partial charge in [0, 0.05) is 5.41 Å². The van der Waals surface area contributed by atoms with Gasteiger partial charge in [0.1, 0.15) is 0 Å². The summed E-state index contributed by atoms with van der Waals surface area (Å²) in [6.07, 6.45) is 1.80. The summed E-state index contributed by atoms with van der Waals surface area (Å²) in [4.78, 5) is 13.2. The molecule has 0 aromatic rings. The summed E-state index contributed by atoms with van der Waals surface area (Å²) in [5.74, 6) is -0.148. The van der Waals surface area contributed by atoms with Gasteiger partial charge in [-0.25, -0.2) is 0 Å². The van der Waals surface area contributed by atoms with Crippen LogP contribution in [0.4, 0.5) is 0 Å². The van der Waals surface area contributed by atoms with E-state index in [-0.39, 0.29) is 11.3 Å². The highest BCUT2D eigenvalue weighted by atomic mass is 16.1. The minimum atomic E-state index is -0.244. The van der Waals surface area contributed by atoms with Crippen LogP contribution in [0.25, 0.3) is 0 Å². The number of carbonyl (C=O) groups is 1. The summed E-state index contributed by atoms with van der Waals surface area (Å²) < 4.78 is 0. The first kappa shape index (κ1) is 8.53. The number of amides is 1. The second-order valence-electron chi connectivity index (χ2n) is 3.73. The highest BCUT2D eigenvalue weighted by Crippen LogP contribution is 2.29. The first-order valence-corrected chi connectivity index (χ1v) is 4.03. The molecule has 0 aromatic carbocycles. The Balaban J connectivity index is 2.55. The number of carbonyl (C=O) groups excluding carboxylic acids is 1. The lowest BCUT2D eigenvalue weighted by Crippen LogP contribution is -2.44. The third-order valence-electron chi connectivity index (χ3n) is 2.69. The number of nitrogens with zero attached hydrogens (tertiary/aromatic N) is 1. The molecule has 0 aliphatic carbocycles. The van der Waals surface area contributed by atoms with Gasteiger partial charge in [-0.2, -0.15) is 0 Å². The van der Waals surface area contributed by atoms with Crippen molar-refractivity contribution >= 4 is 5.91 Å². The van der Waals surface area contributed by atoms with Crippen molar-refractivity contribution in [2.24, 2.45) is 11.1 Å². The summed E-state index contributed by atoms with van der Waals surface area (Å²) in [5, 5.41) is 0. The third kappa shape index (κ3) is 1.71. The topological polar surface area (TPSA) is 46.3 Å². The summed E-state index contributed by atoms with van der Waals surface area (Å²) >= 11 is 0. The van der Waals surface area contributed by atoms with Crippen molar-refractivity contribution in [1.82, 2.24) is 4.90 Å². The Morgan fingerprint density at radius 2 is 1.91 bits per heavy atom. The average molecular weight is 156 g/mol. The molecule has 1 saturated heterocycles. The molecule has 0 saturated carbocycles. The van der Waals surface area contributed by atoms with Crippen molar-refractivity contribution in [1.29, 1.82) is 0 Å². The second-order valence-corrected chi connectivity index (χ2v) is 3.73. The van der Waals surface area contributed by atoms with Gasteiger partial charge in [-0.15, -0.1) is 0 Å². The number of likely N-dealkylation sites (tertiary alicyclic amines) is 1. The fraction of sp³-hybridized carbons (Fsp3) is 0.875. The summed E-state index contributed by atoms with van der Waals surface area (Å²) in [6.45, 7) is 3.93. The van der Waals surface area contributed by atoms with E-state index in [1.807, 2.05) is 6.92 Å². The van der Waals surface area contributed by atoms with E-state index in [4.69, 9.17) is 5.73 Å². The molecule has 2 N–H and O–H groups in total. The molecule has 3 nitrogen and oxygen atoms in total. The number of rotatable bonds is 1. The van der Waals surface area contributed by atoms with Crippen molar-refractivity contribution < 1.29 is 4.79 Å². The molecular weight excluding hydrogens is 140 g/mol. The number of hydrogen-bond acceptors (Lipinski definition) is 2. The smallest absolute Gasteiger partial charge is 0.223 e. The van der Waals surface area contributed by atoms with E-state index in [9.17, 15) is 4.79 Å². The zero-order chi connectivity index (χ0) is 8.48. The molecule has 0 spiro atoms. The molecule has 64 valence electrons. The van der Waals surface area contributed by atoms with Crippen molar-refractivity contribution in [3.8, 4) is 0 Å². The van der Waals surface area contributed by atoms with Gasteiger partial charge in [0.05, 0.1) is 0 Å². The highest BCUT2D eigenvalue weighted by molar-refractivity contribution is 5.80. The number of piperidine rings is 1. The molecule has 1 amide bonds. The summed E-state index contributed by atoms with van der Waals surface area (Å²) in [6, 6.07) is 0. The van der Waals surface area contributed by atoms with Gasteiger partial charge in [-0.05, 0) is 33.0 Å².